The largest absolute Gasteiger partial charge is 0.497 e. The standard InChI is InChI=1S/C20H16N4O6S2/c1-30-13-8-6-12(7-9-13)10-16-19(27)23(20(31)32-16)11-17(25)21-22-18(26)14-4-2-3-5-15(14)24(28)29/h2-10H,11H2,1H3,(H,21,25)(H,22,26)/b16-10+. The first-order chi connectivity index (χ1) is 15.3. The first kappa shape index (κ1) is 22.9. The number of rotatable bonds is 6. The average molecular weight is 473 g/mol. The van der Waals surface area contributed by atoms with Gasteiger partial charge >= 0.3 is 0 Å². The zero-order chi connectivity index (χ0) is 23.3. The van der Waals surface area contributed by atoms with Crippen LogP contribution < -0.4 is 15.6 Å². The van der Waals surface area contributed by atoms with E-state index in [9.17, 15) is 24.5 Å². The second kappa shape index (κ2) is 10.0. The van der Waals surface area contributed by atoms with E-state index in [1.807, 2.05) is 0 Å². The summed E-state index contributed by atoms with van der Waals surface area (Å²) in [6.07, 6.45) is 1.65. The third-order valence-corrected chi connectivity index (χ3v) is 5.63. The van der Waals surface area contributed by atoms with Gasteiger partial charge < -0.3 is 4.74 Å². The highest BCUT2D eigenvalue weighted by atomic mass is 32.2. The minimum absolute atomic E-state index is 0.190. The van der Waals surface area contributed by atoms with Crippen LogP contribution in [0, 0.1) is 10.1 Å². The van der Waals surface area contributed by atoms with Crippen molar-refractivity contribution in [1.29, 1.82) is 0 Å². The van der Waals surface area contributed by atoms with E-state index in [1.165, 1.54) is 24.3 Å². The number of ether oxygens (including phenoxy) is 1. The fraction of sp³-hybridized carbons (Fsp3) is 0.100. The molecule has 10 nitrogen and oxygen atoms in total. The quantitative estimate of drug-likeness (QED) is 0.283. The van der Waals surface area contributed by atoms with Crippen LogP contribution in [0.2, 0.25) is 0 Å². The summed E-state index contributed by atoms with van der Waals surface area (Å²) in [5.74, 6) is -1.36. The fourth-order valence-electron chi connectivity index (χ4n) is 2.69. The summed E-state index contributed by atoms with van der Waals surface area (Å²) >= 11 is 6.24. The lowest BCUT2D eigenvalue weighted by atomic mass is 10.2. The highest BCUT2D eigenvalue weighted by Crippen LogP contribution is 2.32. The van der Waals surface area contributed by atoms with Gasteiger partial charge in [0, 0.05) is 6.07 Å². The number of hydrogen-bond donors (Lipinski definition) is 2. The molecule has 164 valence electrons. The summed E-state index contributed by atoms with van der Waals surface area (Å²) in [7, 11) is 1.55. The number of carbonyl (C=O) groups excluding carboxylic acids is 3. The molecule has 0 bridgehead atoms. The smallest absolute Gasteiger partial charge is 0.282 e. The Kier molecular flexibility index (Phi) is 7.18. The van der Waals surface area contributed by atoms with E-state index >= 15 is 0 Å². The third-order valence-electron chi connectivity index (χ3n) is 4.25. The van der Waals surface area contributed by atoms with Gasteiger partial charge in [-0.05, 0) is 29.8 Å². The van der Waals surface area contributed by atoms with E-state index in [0.717, 1.165) is 22.2 Å². The maximum Gasteiger partial charge on any atom is 0.282 e. The second-order valence-corrected chi connectivity index (χ2v) is 7.99. The summed E-state index contributed by atoms with van der Waals surface area (Å²) in [6.45, 7) is -0.429. The van der Waals surface area contributed by atoms with Crippen molar-refractivity contribution in [1.82, 2.24) is 15.8 Å². The molecule has 0 unspecified atom stereocenters. The Hall–Kier alpha value is -3.77. The molecule has 1 aliphatic rings. The highest BCUT2D eigenvalue weighted by Gasteiger charge is 2.33. The van der Waals surface area contributed by atoms with Crippen LogP contribution in [0.4, 0.5) is 5.69 Å². The molecule has 0 aliphatic carbocycles. The molecule has 3 rings (SSSR count). The SMILES string of the molecule is COc1ccc(/C=C2/SC(=S)N(CC(=O)NNC(=O)c3ccccc3[N+](=O)[O-])C2=O)cc1. The van der Waals surface area contributed by atoms with Gasteiger partial charge in [0.1, 0.15) is 22.2 Å². The number of hydrogen-bond acceptors (Lipinski definition) is 8. The normalized spacial score (nSPS) is 14.4. The second-order valence-electron chi connectivity index (χ2n) is 6.32. The van der Waals surface area contributed by atoms with Crippen molar-refractivity contribution >= 4 is 57.8 Å². The van der Waals surface area contributed by atoms with E-state index in [-0.39, 0.29) is 9.88 Å². The molecule has 1 fully saturated rings. The summed E-state index contributed by atoms with van der Waals surface area (Å²) in [5.41, 5.74) is 4.37. The number of methoxy groups -OCH3 is 1. The fourth-order valence-corrected chi connectivity index (χ4v) is 3.94. The minimum atomic E-state index is -0.865. The molecule has 2 aromatic carbocycles. The Morgan fingerprint density at radius 3 is 2.53 bits per heavy atom. The maximum absolute atomic E-state index is 12.6. The highest BCUT2D eigenvalue weighted by molar-refractivity contribution is 8.26. The molecule has 1 heterocycles. The number of para-hydroxylation sites is 1. The van der Waals surface area contributed by atoms with E-state index in [0.29, 0.717) is 10.7 Å². The molecular weight excluding hydrogens is 456 g/mol. The summed E-state index contributed by atoms with van der Waals surface area (Å²) in [5, 5.41) is 11.0. The molecule has 2 N–H and O–H groups in total. The van der Waals surface area contributed by atoms with Gasteiger partial charge in [-0.1, -0.05) is 48.2 Å². The Morgan fingerprint density at radius 1 is 1.19 bits per heavy atom. The predicted octanol–water partition coefficient (Wildman–Crippen LogP) is 2.27. The molecule has 0 aromatic heterocycles. The summed E-state index contributed by atoms with van der Waals surface area (Å²) < 4.78 is 5.28. The van der Waals surface area contributed by atoms with Gasteiger partial charge in [-0.15, -0.1) is 0 Å². The molecule has 12 heteroatoms. The Morgan fingerprint density at radius 2 is 1.88 bits per heavy atom. The predicted molar refractivity (Wildman–Crippen MR) is 122 cm³/mol. The van der Waals surface area contributed by atoms with Gasteiger partial charge in [0.05, 0.1) is 16.9 Å². The zero-order valence-electron chi connectivity index (χ0n) is 16.6. The van der Waals surface area contributed by atoms with Crippen LogP contribution in [0.5, 0.6) is 5.75 Å². The number of amides is 3. The lowest BCUT2D eigenvalue weighted by molar-refractivity contribution is -0.385. The first-order valence-corrected chi connectivity index (χ1v) is 10.2. The van der Waals surface area contributed by atoms with Crippen molar-refractivity contribution in [3.63, 3.8) is 0 Å². The molecule has 0 radical (unpaired) electrons. The van der Waals surface area contributed by atoms with E-state index in [1.54, 1.807) is 37.5 Å². The number of nitro benzene ring substituents is 1. The number of carbonyl (C=O) groups is 3. The Balaban J connectivity index is 1.61. The van der Waals surface area contributed by atoms with Gasteiger partial charge in [-0.3, -0.25) is 40.2 Å². The van der Waals surface area contributed by atoms with Crippen LogP contribution in [0.15, 0.2) is 53.4 Å². The molecule has 1 aliphatic heterocycles. The topological polar surface area (TPSA) is 131 Å². The third kappa shape index (κ3) is 5.28. The zero-order valence-corrected chi connectivity index (χ0v) is 18.2. The van der Waals surface area contributed by atoms with Crippen LogP contribution in [0.1, 0.15) is 15.9 Å². The van der Waals surface area contributed by atoms with Gasteiger partial charge in [0.15, 0.2) is 0 Å². The minimum Gasteiger partial charge on any atom is -0.497 e. The number of hydrazine groups is 1. The van der Waals surface area contributed by atoms with Crippen molar-refractivity contribution in [3.05, 3.63) is 74.7 Å². The number of thioether (sulfide) groups is 1. The van der Waals surface area contributed by atoms with E-state index < -0.39 is 34.9 Å². The molecule has 0 spiro atoms. The lowest BCUT2D eigenvalue weighted by Crippen LogP contribution is -2.47. The number of nitro groups is 1. The van der Waals surface area contributed by atoms with Gasteiger partial charge in [0.2, 0.25) is 0 Å². The number of nitrogens with one attached hydrogen (secondary N) is 2. The molecule has 0 saturated carbocycles. The van der Waals surface area contributed by atoms with Crippen LogP contribution in [0.3, 0.4) is 0 Å². The van der Waals surface area contributed by atoms with Crippen LogP contribution in [-0.2, 0) is 9.59 Å². The monoisotopic (exact) mass is 472 g/mol. The maximum atomic E-state index is 12.6. The van der Waals surface area contributed by atoms with Crippen molar-refractivity contribution in [3.8, 4) is 5.75 Å². The summed E-state index contributed by atoms with van der Waals surface area (Å²) in [6, 6.07) is 12.4. The molecule has 2 aromatic rings. The number of nitrogens with zero attached hydrogens (tertiary/aromatic N) is 2. The first-order valence-electron chi connectivity index (χ1n) is 9.02. The Labute approximate surface area is 191 Å². The van der Waals surface area contributed by atoms with Crippen molar-refractivity contribution in [2.75, 3.05) is 13.7 Å². The Bertz CT molecular complexity index is 1130. The van der Waals surface area contributed by atoms with Crippen molar-refractivity contribution in [2.45, 2.75) is 0 Å². The number of thiocarbonyl (C=S) groups is 1. The molecular formula is C20H16N4O6S2. The van der Waals surface area contributed by atoms with Gasteiger partial charge in [0.25, 0.3) is 23.4 Å². The molecule has 3 amide bonds. The van der Waals surface area contributed by atoms with Gasteiger partial charge in [-0.2, -0.15) is 0 Å². The molecule has 1 saturated heterocycles. The van der Waals surface area contributed by atoms with Crippen LogP contribution in [0.25, 0.3) is 6.08 Å². The number of benzene rings is 2. The van der Waals surface area contributed by atoms with Crippen LogP contribution in [-0.4, -0.2) is 45.5 Å². The average Bonchev–Trinajstić information content (AvgIpc) is 3.05. The van der Waals surface area contributed by atoms with Crippen molar-refractivity contribution < 1.29 is 24.0 Å². The van der Waals surface area contributed by atoms with Crippen molar-refractivity contribution in [2.24, 2.45) is 0 Å². The summed E-state index contributed by atoms with van der Waals surface area (Å²) in [4.78, 5) is 48.8. The van der Waals surface area contributed by atoms with Crippen LogP contribution >= 0.6 is 24.0 Å². The van der Waals surface area contributed by atoms with E-state index in [2.05, 4.69) is 10.9 Å². The van der Waals surface area contributed by atoms with Gasteiger partial charge in [-0.25, -0.2) is 0 Å². The molecule has 0 atom stereocenters. The van der Waals surface area contributed by atoms with E-state index in [4.69, 9.17) is 17.0 Å². The lowest BCUT2D eigenvalue weighted by Gasteiger charge is -2.14. The molecule has 32 heavy (non-hydrogen) atoms.